The number of hydrogen-bond donors (Lipinski definition) is 1. The molecule has 0 fully saturated rings. The third-order valence-corrected chi connectivity index (χ3v) is 4.88. The average molecular weight is 371 g/mol. The maximum Gasteiger partial charge on any atom is 0.227 e. The van der Waals surface area contributed by atoms with Crippen LogP contribution in [-0.2, 0) is 5.75 Å². The van der Waals surface area contributed by atoms with E-state index in [9.17, 15) is 0 Å². The van der Waals surface area contributed by atoms with Crippen LogP contribution >= 0.6 is 27.7 Å². The highest BCUT2D eigenvalue weighted by atomic mass is 79.9. The van der Waals surface area contributed by atoms with Crippen LogP contribution in [0, 0.1) is 0 Å². The molecule has 3 heterocycles. The third kappa shape index (κ3) is 2.60. The second-order valence-corrected chi connectivity index (χ2v) is 6.73. The minimum Gasteiger partial charge on any atom is -0.324 e. The molecule has 0 spiro atoms. The highest BCUT2D eigenvalue weighted by molar-refractivity contribution is 9.10. The first-order valence-electron chi connectivity index (χ1n) is 6.76. The number of pyridine rings is 1. The van der Waals surface area contributed by atoms with E-state index < -0.39 is 0 Å². The predicted molar refractivity (Wildman–Crippen MR) is 92.2 cm³/mol. The Bertz CT molecular complexity index is 853. The summed E-state index contributed by atoms with van der Waals surface area (Å²) in [6.07, 6.45) is 3.71. The van der Waals surface area contributed by atoms with Crippen molar-refractivity contribution in [2.75, 3.05) is 5.32 Å². The zero-order valence-electron chi connectivity index (χ0n) is 11.5. The summed E-state index contributed by atoms with van der Waals surface area (Å²) >= 11 is 5.19. The molecule has 108 valence electrons. The van der Waals surface area contributed by atoms with Gasteiger partial charge in [-0.15, -0.1) is 11.8 Å². The lowest BCUT2D eigenvalue weighted by atomic mass is 10.1. The maximum atomic E-state index is 4.69. The van der Waals surface area contributed by atoms with Gasteiger partial charge in [0.15, 0.2) is 0 Å². The van der Waals surface area contributed by atoms with Crippen LogP contribution in [0.2, 0.25) is 0 Å². The molecule has 0 saturated heterocycles. The van der Waals surface area contributed by atoms with Gasteiger partial charge >= 0.3 is 0 Å². The molecule has 0 bridgehead atoms. The Balaban J connectivity index is 1.73. The standard InChI is InChI=1S/C16H11BrN4S/c17-11-3-1-4-12(7-11)20-16-19-8-10-9-22-15-13(14(10)21-16)5-2-6-18-15/h1-8H,9H2,(H,19,20,21). The van der Waals surface area contributed by atoms with Crippen LogP contribution in [0.1, 0.15) is 5.56 Å². The van der Waals surface area contributed by atoms with Gasteiger partial charge in [-0.2, -0.15) is 0 Å². The predicted octanol–water partition coefficient (Wildman–Crippen LogP) is 4.65. The first-order chi connectivity index (χ1) is 10.8. The summed E-state index contributed by atoms with van der Waals surface area (Å²) in [6, 6.07) is 11.9. The van der Waals surface area contributed by atoms with E-state index in [0.717, 1.165) is 37.8 Å². The van der Waals surface area contributed by atoms with Gasteiger partial charge in [0, 0.05) is 39.4 Å². The summed E-state index contributed by atoms with van der Waals surface area (Å²) in [7, 11) is 0. The van der Waals surface area contributed by atoms with Crippen molar-refractivity contribution >= 4 is 39.3 Å². The molecular weight excluding hydrogens is 360 g/mol. The number of anilines is 2. The summed E-state index contributed by atoms with van der Waals surface area (Å²) in [6.45, 7) is 0. The molecule has 0 amide bonds. The largest absolute Gasteiger partial charge is 0.324 e. The van der Waals surface area contributed by atoms with Crippen molar-refractivity contribution in [3.63, 3.8) is 0 Å². The van der Waals surface area contributed by atoms with E-state index in [1.165, 1.54) is 0 Å². The zero-order valence-corrected chi connectivity index (χ0v) is 13.9. The van der Waals surface area contributed by atoms with Gasteiger partial charge in [-0.05, 0) is 30.3 Å². The molecule has 4 rings (SSSR count). The minimum atomic E-state index is 0.596. The molecule has 1 aliphatic rings. The number of fused-ring (bicyclic) bond motifs is 3. The number of benzene rings is 1. The lowest BCUT2D eigenvalue weighted by Gasteiger charge is -2.17. The first kappa shape index (κ1) is 13.7. The van der Waals surface area contributed by atoms with Crippen LogP contribution < -0.4 is 5.32 Å². The van der Waals surface area contributed by atoms with E-state index in [4.69, 9.17) is 0 Å². The number of aromatic nitrogens is 3. The molecule has 0 atom stereocenters. The van der Waals surface area contributed by atoms with Gasteiger partial charge < -0.3 is 5.32 Å². The molecule has 4 nitrogen and oxygen atoms in total. The molecule has 1 aromatic carbocycles. The fourth-order valence-electron chi connectivity index (χ4n) is 2.33. The van der Waals surface area contributed by atoms with Crippen LogP contribution in [0.25, 0.3) is 11.3 Å². The quantitative estimate of drug-likeness (QED) is 0.711. The Morgan fingerprint density at radius 2 is 2.09 bits per heavy atom. The lowest BCUT2D eigenvalue weighted by Crippen LogP contribution is -2.05. The van der Waals surface area contributed by atoms with E-state index in [2.05, 4.69) is 42.3 Å². The van der Waals surface area contributed by atoms with Gasteiger partial charge in [0.25, 0.3) is 0 Å². The fraction of sp³-hybridized carbons (Fsp3) is 0.0625. The van der Waals surface area contributed by atoms with Gasteiger partial charge in [-0.25, -0.2) is 15.0 Å². The number of rotatable bonds is 2. The summed E-state index contributed by atoms with van der Waals surface area (Å²) in [5.41, 5.74) is 4.14. The Kier molecular flexibility index (Phi) is 3.56. The molecule has 1 N–H and O–H groups in total. The van der Waals surface area contributed by atoms with Crippen molar-refractivity contribution in [2.24, 2.45) is 0 Å². The molecular formula is C16H11BrN4S. The number of halogens is 1. The molecule has 6 heteroatoms. The molecule has 0 radical (unpaired) electrons. The number of nitrogens with one attached hydrogen (secondary N) is 1. The van der Waals surface area contributed by atoms with Crippen LogP contribution in [0.5, 0.6) is 0 Å². The SMILES string of the molecule is Brc1cccc(Nc2ncc3c(n2)-c2cccnc2SC3)c1. The van der Waals surface area contributed by atoms with Crippen molar-refractivity contribution < 1.29 is 0 Å². The minimum absolute atomic E-state index is 0.596. The fourth-order valence-corrected chi connectivity index (χ4v) is 3.69. The van der Waals surface area contributed by atoms with Crippen molar-refractivity contribution in [3.05, 3.63) is 58.8 Å². The molecule has 2 aromatic heterocycles. The monoisotopic (exact) mass is 370 g/mol. The highest BCUT2D eigenvalue weighted by Crippen LogP contribution is 2.38. The van der Waals surface area contributed by atoms with E-state index in [1.807, 2.05) is 42.7 Å². The van der Waals surface area contributed by atoms with Crippen molar-refractivity contribution in [1.29, 1.82) is 0 Å². The molecule has 22 heavy (non-hydrogen) atoms. The topological polar surface area (TPSA) is 50.7 Å². The van der Waals surface area contributed by atoms with Gasteiger partial charge in [-0.3, -0.25) is 0 Å². The number of thioether (sulfide) groups is 1. The van der Waals surface area contributed by atoms with Crippen molar-refractivity contribution in [2.45, 2.75) is 10.8 Å². The van der Waals surface area contributed by atoms with Crippen molar-refractivity contribution in [3.8, 4) is 11.3 Å². The van der Waals surface area contributed by atoms with Crippen LogP contribution in [0.3, 0.4) is 0 Å². The zero-order chi connectivity index (χ0) is 14.9. The molecule has 0 aliphatic carbocycles. The molecule has 1 aliphatic heterocycles. The van der Waals surface area contributed by atoms with Crippen molar-refractivity contribution in [1.82, 2.24) is 15.0 Å². The molecule has 0 unspecified atom stereocenters. The van der Waals surface area contributed by atoms with E-state index in [0.29, 0.717) is 5.95 Å². The summed E-state index contributed by atoms with van der Waals surface area (Å²) in [5, 5.41) is 4.28. The van der Waals surface area contributed by atoms with E-state index in [1.54, 1.807) is 11.8 Å². The maximum absolute atomic E-state index is 4.69. The smallest absolute Gasteiger partial charge is 0.227 e. The summed E-state index contributed by atoms with van der Waals surface area (Å²) in [4.78, 5) is 13.5. The third-order valence-electron chi connectivity index (χ3n) is 3.34. The number of hydrogen-bond acceptors (Lipinski definition) is 5. The molecule has 0 saturated carbocycles. The van der Waals surface area contributed by atoms with Crippen LogP contribution in [0.15, 0.2) is 58.3 Å². The Morgan fingerprint density at radius 3 is 3.00 bits per heavy atom. The average Bonchev–Trinajstić information content (AvgIpc) is 2.55. The first-order valence-corrected chi connectivity index (χ1v) is 8.54. The second kappa shape index (κ2) is 5.70. The van der Waals surface area contributed by atoms with Gasteiger partial charge in [-0.1, -0.05) is 22.0 Å². The van der Waals surface area contributed by atoms with Gasteiger partial charge in [0.05, 0.1) is 5.69 Å². The molecule has 3 aromatic rings. The summed E-state index contributed by atoms with van der Waals surface area (Å²) < 4.78 is 1.02. The van der Waals surface area contributed by atoms with Crippen LogP contribution in [0.4, 0.5) is 11.6 Å². The summed E-state index contributed by atoms with van der Waals surface area (Å²) in [5.74, 6) is 1.45. The highest BCUT2D eigenvalue weighted by Gasteiger charge is 2.19. The van der Waals surface area contributed by atoms with Gasteiger partial charge in [0.1, 0.15) is 5.03 Å². The Labute approximate surface area is 140 Å². The Morgan fingerprint density at radius 1 is 1.14 bits per heavy atom. The second-order valence-electron chi connectivity index (χ2n) is 4.85. The van der Waals surface area contributed by atoms with Crippen LogP contribution in [-0.4, -0.2) is 15.0 Å². The normalized spacial score (nSPS) is 12.4. The Hall–Kier alpha value is -1.92. The van der Waals surface area contributed by atoms with E-state index in [-0.39, 0.29) is 0 Å². The number of nitrogens with zero attached hydrogens (tertiary/aromatic N) is 3. The van der Waals surface area contributed by atoms with Gasteiger partial charge in [0.2, 0.25) is 5.95 Å². The van der Waals surface area contributed by atoms with E-state index >= 15 is 0 Å². The lowest BCUT2D eigenvalue weighted by molar-refractivity contribution is 1.06.